The molecule has 1 heterocycles. The monoisotopic (exact) mass is 281 g/mol. The van der Waals surface area contributed by atoms with Gasteiger partial charge >= 0.3 is 6.18 Å². The van der Waals surface area contributed by atoms with Crippen molar-refractivity contribution in [2.24, 2.45) is 5.73 Å². The van der Waals surface area contributed by atoms with E-state index >= 15 is 0 Å². The standard InChI is InChI=1S/C11H18F3N3O2/c1-7(15)5-9(18)16-8-3-2-4-17(10(8)19)6-11(12,13)14/h7-8H,2-6,15H2,1H3,(H,16,18). The summed E-state index contributed by atoms with van der Waals surface area (Å²) in [4.78, 5) is 24.0. The maximum absolute atomic E-state index is 12.3. The average Bonchev–Trinajstić information content (AvgIpc) is 2.20. The molecule has 1 aliphatic rings. The highest BCUT2D eigenvalue weighted by Crippen LogP contribution is 2.20. The molecule has 1 rings (SSSR count). The molecule has 2 atom stereocenters. The van der Waals surface area contributed by atoms with Crippen molar-refractivity contribution >= 4 is 11.8 Å². The Bertz CT molecular complexity index is 345. The van der Waals surface area contributed by atoms with E-state index in [9.17, 15) is 22.8 Å². The van der Waals surface area contributed by atoms with Gasteiger partial charge in [0.2, 0.25) is 11.8 Å². The van der Waals surface area contributed by atoms with Crippen LogP contribution in [0.3, 0.4) is 0 Å². The number of carbonyl (C=O) groups excluding carboxylic acids is 2. The van der Waals surface area contributed by atoms with E-state index in [1.807, 2.05) is 0 Å². The van der Waals surface area contributed by atoms with E-state index in [4.69, 9.17) is 5.73 Å². The number of piperidine rings is 1. The topological polar surface area (TPSA) is 75.4 Å². The second-order valence-corrected chi connectivity index (χ2v) is 4.82. The number of nitrogens with zero attached hydrogens (tertiary/aromatic N) is 1. The summed E-state index contributed by atoms with van der Waals surface area (Å²) in [6.45, 7) is 0.432. The van der Waals surface area contributed by atoms with Crippen LogP contribution in [0.4, 0.5) is 13.2 Å². The fourth-order valence-electron chi connectivity index (χ4n) is 1.99. The molecule has 2 unspecified atom stereocenters. The van der Waals surface area contributed by atoms with Crippen LogP contribution in [0.5, 0.6) is 0 Å². The molecule has 0 aromatic carbocycles. The van der Waals surface area contributed by atoms with E-state index in [1.54, 1.807) is 6.92 Å². The van der Waals surface area contributed by atoms with Gasteiger partial charge in [-0.15, -0.1) is 0 Å². The molecule has 19 heavy (non-hydrogen) atoms. The predicted molar refractivity (Wildman–Crippen MR) is 62.1 cm³/mol. The van der Waals surface area contributed by atoms with E-state index in [0.717, 1.165) is 4.90 Å². The van der Waals surface area contributed by atoms with Crippen LogP contribution in [-0.2, 0) is 9.59 Å². The number of nitrogens with two attached hydrogens (primary N) is 1. The fraction of sp³-hybridized carbons (Fsp3) is 0.818. The van der Waals surface area contributed by atoms with Crippen LogP contribution in [0.25, 0.3) is 0 Å². The Balaban J connectivity index is 2.56. The maximum Gasteiger partial charge on any atom is 0.406 e. The third kappa shape index (κ3) is 5.46. The van der Waals surface area contributed by atoms with Gasteiger partial charge < -0.3 is 16.0 Å². The van der Waals surface area contributed by atoms with Gasteiger partial charge in [0, 0.05) is 19.0 Å². The number of rotatable bonds is 4. The summed E-state index contributed by atoms with van der Waals surface area (Å²) in [5.74, 6) is -1.09. The summed E-state index contributed by atoms with van der Waals surface area (Å²) in [5, 5.41) is 2.44. The molecular weight excluding hydrogens is 263 g/mol. The lowest BCUT2D eigenvalue weighted by Crippen LogP contribution is -2.54. The fourth-order valence-corrected chi connectivity index (χ4v) is 1.99. The average molecular weight is 281 g/mol. The van der Waals surface area contributed by atoms with Crippen LogP contribution in [0.1, 0.15) is 26.2 Å². The van der Waals surface area contributed by atoms with Gasteiger partial charge in [0.15, 0.2) is 0 Å². The number of hydrogen-bond acceptors (Lipinski definition) is 3. The number of hydrogen-bond donors (Lipinski definition) is 2. The summed E-state index contributed by atoms with van der Waals surface area (Å²) in [5.41, 5.74) is 5.44. The van der Waals surface area contributed by atoms with Gasteiger partial charge in [-0.2, -0.15) is 13.2 Å². The first-order chi connectivity index (χ1) is 8.69. The van der Waals surface area contributed by atoms with Crippen molar-refractivity contribution in [1.82, 2.24) is 10.2 Å². The van der Waals surface area contributed by atoms with Crippen molar-refractivity contribution in [2.75, 3.05) is 13.1 Å². The smallest absolute Gasteiger partial charge is 0.344 e. The number of amides is 2. The minimum atomic E-state index is -4.42. The van der Waals surface area contributed by atoms with E-state index in [1.165, 1.54) is 0 Å². The largest absolute Gasteiger partial charge is 0.406 e. The van der Waals surface area contributed by atoms with Gasteiger partial charge in [-0.25, -0.2) is 0 Å². The zero-order chi connectivity index (χ0) is 14.6. The number of alkyl halides is 3. The van der Waals surface area contributed by atoms with Gasteiger partial charge in [0.1, 0.15) is 12.6 Å². The number of carbonyl (C=O) groups is 2. The Hall–Kier alpha value is -1.31. The molecule has 8 heteroatoms. The molecule has 110 valence electrons. The van der Waals surface area contributed by atoms with E-state index in [0.29, 0.717) is 12.8 Å². The van der Waals surface area contributed by atoms with Crippen molar-refractivity contribution in [3.05, 3.63) is 0 Å². The Labute approximate surface area is 109 Å². The quantitative estimate of drug-likeness (QED) is 0.783. The Kier molecular flexibility index (Phi) is 5.16. The van der Waals surface area contributed by atoms with Gasteiger partial charge in [0.25, 0.3) is 0 Å². The molecule has 1 saturated heterocycles. The zero-order valence-electron chi connectivity index (χ0n) is 10.7. The van der Waals surface area contributed by atoms with E-state index in [2.05, 4.69) is 5.32 Å². The van der Waals surface area contributed by atoms with Crippen LogP contribution >= 0.6 is 0 Å². The van der Waals surface area contributed by atoms with E-state index in [-0.39, 0.29) is 19.0 Å². The van der Waals surface area contributed by atoms with Crippen LogP contribution in [0, 0.1) is 0 Å². The molecule has 1 fully saturated rings. The lowest BCUT2D eigenvalue weighted by Gasteiger charge is -2.33. The second-order valence-electron chi connectivity index (χ2n) is 4.82. The highest BCUT2D eigenvalue weighted by molar-refractivity contribution is 5.88. The van der Waals surface area contributed by atoms with Gasteiger partial charge in [-0.05, 0) is 19.8 Å². The number of likely N-dealkylation sites (tertiary alicyclic amines) is 1. The Morgan fingerprint density at radius 2 is 2.21 bits per heavy atom. The summed E-state index contributed by atoms with van der Waals surface area (Å²) in [7, 11) is 0. The molecular formula is C11H18F3N3O2. The molecule has 2 amide bonds. The van der Waals surface area contributed by atoms with Crippen LogP contribution in [0.15, 0.2) is 0 Å². The first kappa shape index (κ1) is 15.7. The maximum atomic E-state index is 12.3. The molecule has 0 aromatic heterocycles. The van der Waals surface area contributed by atoms with Crippen molar-refractivity contribution in [1.29, 1.82) is 0 Å². The van der Waals surface area contributed by atoms with Crippen molar-refractivity contribution in [3.8, 4) is 0 Å². The molecule has 1 aliphatic heterocycles. The summed E-state index contributed by atoms with van der Waals surface area (Å²) < 4.78 is 36.8. The summed E-state index contributed by atoms with van der Waals surface area (Å²) in [6, 6.07) is -1.23. The number of nitrogens with one attached hydrogen (secondary N) is 1. The van der Waals surface area contributed by atoms with Gasteiger partial charge in [-0.3, -0.25) is 9.59 Å². The molecule has 0 saturated carbocycles. The van der Waals surface area contributed by atoms with Crippen LogP contribution in [0.2, 0.25) is 0 Å². The lowest BCUT2D eigenvalue weighted by molar-refractivity contribution is -0.165. The third-order valence-electron chi connectivity index (χ3n) is 2.74. The molecule has 0 radical (unpaired) electrons. The van der Waals surface area contributed by atoms with E-state index < -0.39 is 30.6 Å². The van der Waals surface area contributed by atoms with Crippen LogP contribution < -0.4 is 11.1 Å². The van der Waals surface area contributed by atoms with Crippen molar-refractivity contribution in [3.63, 3.8) is 0 Å². The minimum Gasteiger partial charge on any atom is -0.344 e. The first-order valence-corrected chi connectivity index (χ1v) is 6.09. The Morgan fingerprint density at radius 3 is 2.74 bits per heavy atom. The van der Waals surface area contributed by atoms with Gasteiger partial charge in [-0.1, -0.05) is 0 Å². The normalized spacial score (nSPS) is 22.3. The molecule has 3 N–H and O–H groups in total. The van der Waals surface area contributed by atoms with Crippen LogP contribution in [-0.4, -0.2) is 48.1 Å². The van der Waals surface area contributed by atoms with Crippen molar-refractivity contribution in [2.45, 2.75) is 44.4 Å². The summed E-state index contributed by atoms with van der Waals surface area (Å²) in [6.07, 6.45) is -3.58. The predicted octanol–water partition coefficient (Wildman–Crippen LogP) is 0.393. The molecule has 0 spiro atoms. The van der Waals surface area contributed by atoms with Gasteiger partial charge in [0.05, 0.1) is 0 Å². The molecule has 5 nitrogen and oxygen atoms in total. The Morgan fingerprint density at radius 1 is 1.58 bits per heavy atom. The highest BCUT2D eigenvalue weighted by Gasteiger charge is 2.37. The minimum absolute atomic E-state index is 0.0447. The zero-order valence-corrected chi connectivity index (χ0v) is 10.7. The SMILES string of the molecule is CC(N)CC(=O)NC1CCCN(CC(F)(F)F)C1=O. The second kappa shape index (κ2) is 6.23. The third-order valence-corrected chi connectivity index (χ3v) is 2.74. The highest BCUT2D eigenvalue weighted by atomic mass is 19.4. The molecule has 0 bridgehead atoms. The lowest BCUT2D eigenvalue weighted by atomic mass is 10.0. The van der Waals surface area contributed by atoms with Crippen molar-refractivity contribution < 1.29 is 22.8 Å². The first-order valence-electron chi connectivity index (χ1n) is 6.09. The molecule has 0 aromatic rings. The number of halogens is 3. The summed E-state index contributed by atoms with van der Waals surface area (Å²) >= 11 is 0. The molecule has 0 aliphatic carbocycles.